The second-order valence-corrected chi connectivity index (χ2v) is 5.39. The largest absolute Gasteiger partial charge is 0.386 e. The zero-order valence-electron chi connectivity index (χ0n) is 12.3. The zero-order valence-corrected chi connectivity index (χ0v) is 12.3. The minimum absolute atomic E-state index is 0.298. The van der Waals surface area contributed by atoms with Crippen molar-refractivity contribution in [3.05, 3.63) is 60.7 Å². The fourth-order valence-corrected chi connectivity index (χ4v) is 2.10. The van der Waals surface area contributed by atoms with Crippen LogP contribution in [0.3, 0.4) is 0 Å². The van der Waals surface area contributed by atoms with Gasteiger partial charge in [0.25, 0.3) is 0 Å². The standard InChI is InChI=1S/C17H25NO/c1-6-12-18(13-7-2)14(3)15-8-10-16(11-9-15)17(4,5)19/h6-11,14,19H,1-2,12-13H2,3-5H3/t14-/m0/s1. The first-order chi connectivity index (χ1) is 8.90. The van der Waals surface area contributed by atoms with Gasteiger partial charge in [0.2, 0.25) is 0 Å². The maximum absolute atomic E-state index is 9.96. The van der Waals surface area contributed by atoms with Crippen LogP contribution < -0.4 is 0 Å². The molecule has 0 radical (unpaired) electrons. The Kier molecular flexibility index (Phi) is 5.52. The third kappa shape index (κ3) is 4.34. The van der Waals surface area contributed by atoms with E-state index in [2.05, 4.69) is 37.1 Å². The van der Waals surface area contributed by atoms with E-state index in [1.807, 2.05) is 24.3 Å². The average molecular weight is 259 g/mol. The van der Waals surface area contributed by atoms with Gasteiger partial charge in [0, 0.05) is 19.1 Å². The second-order valence-electron chi connectivity index (χ2n) is 5.39. The summed E-state index contributed by atoms with van der Waals surface area (Å²) in [7, 11) is 0. The first-order valence-corrected chi connectivity index (χ1v) is 6.68. The zero-order chi connectivity index (χ0) is 14.5. The fourth-order valence-electron chi connectivity index (χ4n) is 2.10. The quantitative estimate of drug-likeness (QED) is 0.756. The van der Waals surface area contributed by atoms with Gasteiger partial charge in [-0.15, -0.1) is 13.2 Å². The first-order valence-electron chi connectivity index (χ1n) is 6.68. The highest BCUT2D eigenvalue weighted by Crippen LogP contribution is 2.24. The van der Waals surface area contributed by atoms with Crippen LogP contribution in [-0.2, 0) is 5.60 Å². The highest BCUT2D eigenvalue weighted by molar-refractivity contribution is 5.28. The summed E-state index contributed by atoms with van der Waals surface area (Å²) in [6.07, 6.45) is 3.82. The van der Waals surface area contributed by atoms with Crippen LogP contribution in [0.1, 0.15) is 37.9 Å². The van der Waals surface area contributed by atoms with Crippen molar-refractivity contribution >= 4 is 0 Å². The molecule has 0 bridgehead atoms. The molecule has 0 amide bonds. The predicted octanol–water partition coefficient (Wildman–Crippen LogP) is 3.65. The highest BCUT2D eigenvalue weighted by Gasteiger charge is 2.17. The van der Waals surface area contributed by atoms with Crippen molar-refractivity contribution in [3.8, 4) is 0 Å². The molecule has 19 heavy (non-hydrogen) atoms. The van der Waals surface area contributed by atoms with Crippen LogP contribution in [0.15, 0.2) is 49.6 Å². The number of nitrogens with zero attached hydrogens (tertiary/aromatic N) is 1. The summed E-state index contributed by atoms with van der Waals surface area (Å²) in [5, 5.41) is 9.96. The maximum Gasteiger partial charge on any atom is 0.0840 e. The molecule has 0 spiro atoms. The van der Waals surface area contributed by atoms with Crippen LogP contribution in [0.25, 0.3) is 0 Å². The van der Waals surface area contributed by atoms with E-state index in [4.69, 9.17) is 0 Å². The number of benzene rings is 1. The van der Waals surface area contributed by atoms with Gasteiger partial charge in [-0.05, 0) is 31.9 Å². The van der Waals surface area contributed by atoms with Gasteiger partial charge in [0.05, 0.1) is 5.60 Å². The van der Waals surface area contributed by atoms with E-state index in [1.54, 1.807) is 13.8 Å². The van der Waals surface area contributed by atoms with Crippen molar-refractivity contribution in [3.63, 3.8) is 0 Å². The molecule has 104 valence electrons. The van der Waals surface area contributed by atoms with Crippen LogP contribution in [0.2, 0.25) is 0 Å². The summed E-state index contributed by atoms with van der Waals surface area (Å²) in [5.74, 6) is 0. The maximum atomic E-state index is 9.96. The summed E-state index contributed by atoms with van der Waals surface area (Å²) >= 11 is 0. The van der Waals surface area contributed by atoms with Gasteiger partial charge in [0.15, 0.2) is 0 Å². The molecule has 2 heteroatoms. The van der Waals surface area contributed by atoms with E-state index in [-0.39, 0.29) is 0 Å². The Balaban J connectivity index is 2.89. The number of aliphatic hydroxyl groups is 1. The topological polar surface area (TPSA) is 23.5 Å². The number of rotatable bonds is 7. The molecule has 0 saturated carbocycles. The second kappa shape index (κ2) is 6.69. The summed E-state index contributed by atoms with van der Waals surface area (Å²) < 4.78 is 0. The molecular formula is C17H25NO. The third-order valence-electron chi connectivity index (χ3n) is 3.37. The Morgan fingerprint density at radius 2 is 1.63 bits per heavy atom. The predicted molar refractivity (Wildman–Crippen MR) is 82.1 cm³/mol. The molecule has 1 aromatic rings. The Labute approximate surface area is 117 Å². The van der Waals surface area contributed by atoms with Gasteiger partial charge in [-0.3, -0.25) is 4.90 Å². The van der Waals surface area contributed by atoms with Gasteiger partial charge in [-0.1, -0.05) is 36.4 Å². The molecule has 1 rings (SSSR count). The Morgan fingerprint density at radius 3 is 2.00 bits per heavy atom. The monoisotopic (exact) mass is 259 g/mol. The summed E-state index contributed by atoms with van der Waals surface area (Å²) in [6.45, 7) is 15.0. The normalized spacial score (nSPS) is 13.3. The Morgan fingerprint density at radius 1 is 1.16 bits per heavy atom. The van der Waals surface area contributed by atoms with E-state index >= 15 is 0 Å². The Hall–Kier alpha value is -1.38. The summed E-state index contributed by atoms with van der Waals surface area (Å²) in [5.41, 5.74) is 1.38. The van der Waals surface area contributed by atoms with Crippen LogP contribution in [0.5, 0.6) is 0 Å². The van der Waals surface area contributed by atoms with E-state index in [1.165, 1.54) is 5.56 Å². The van der Waals surface area contributed by atoms with Gasteiger partial charge < -0.3 is 5.11 Å². The van der Waals surface area contributed by atoms with Gasteiger partial charge in [-0.2, -0.15) is 0 Å². The smallest absolute Gasteiger partial charge is 0.0840 e. The molecule has 1 aromatic carbocycles. The number of hydrogen-bond donors (Lipinski definition) is 1. The summed E-state index contributed by atoms with van der Waals surface area (Å²) in [6, 6.07) is 8.44. The molecule has 0 unspecified atom stereocenters. The first kappa shape index (κ1) is 15.7. The molecule has 1 atom stereocenters. The molecule has 1 N–H and O–H groups in total. The van der Waals surface area contributed by atoms with Gasteiger partial charge in [-0.25, -0.2) is 0 Å². The highest BCUT2D eigenvalue weighted by atomic mass is 16.3. The van der Waals surface area contributed by atoms with Crippen molar-refractivity contribution in [1.82, 2.24) is 4.90 Å². The van der Waals surface area contributed by atoms with Crippen molar-refractivity contribution in [1.29, 1.82) is 0 Å². The van der Waals surface area contributed by atoms with Crippen LogP contribution in [0, 0.1) is 0 Å². The van der Waals surface area contributed by atoms with E-state index < -0.39 is 5.60 Å². The van der Waals surface area contributed by atoms with Gasteiger partial charge >= 0.3 is 0 Å². The van der Waals surface area contributed by atoms with Crippen molar-refractivity contribution in [2.24, 2.45) is 0 Å². The van der Waals surface area contributed by atoms with Crippen LogP contribution in [0.4, 0.5) is 0 Å². The Bertz CT molecular complexity index is 404. The molecule has 0 aliphatic heterocycles. The SMILES string of the molecule is C=CCN(CC=C)[C@@H](C)c1ccc(C(C)(C)O)cc1. The van der Waals surface area contributed by atoms with Crippen molar-refractivity contribution < 1.29 is 5.11 Å². The minimum Gasteiger partial charge on any atom is -0.386 e. The molecule has 0 fully saturated rings. The third-order valence-corrected chi connectivity index (χ3v) is 3.37. The van der Waals surface area contributed by atoms with Crippen molar-refractivity contribution in [2.75, 3.05) is 13.1 Å². The van der Waals surface area contributed by atoms with Crippen LogP contribution >= 0.6 is 0 Å². The number of hydrogen-bond acceptors (Lipinski definition) is 2. The lowest BCUT2D eigenvalue weighted by Gasteiger charge is -2.27. The molecule has 0 saturated heterocycles. The molecule has 0 aromatic heterocycles. The molecular weight excluding hydrogens is 234 g/mol. The molecule has 2 nitrogen and oxygen atoms in total. The average Bonchev–Trinajstić information content (AvgIpc) is 2.37. The molecule has 0 aliphatic rings. The van der Waals surface area contributed by atoms with Crippen molar-refractivity contribution in [2.45, 2.75) is 32.4 Å². The molecule has 0 aliphatic carbocycles. The fraction of sp³-hybridized carbons (Fsp3) is 0.412. The lowest BCUT2D eigenvalue weighted by Crippen LogP contribution is -2.27. The van der Waals surface area contributed by atoms with E-state index in [9.17, 15) is 5.11 Å². The van der Waals surface area contributed by atoms with Crippen LogP contribution in [-0.4, -0.2) is 23.1 Å². The lowest BCUT2D eigenvalue weighted by molar-refractivity contribution is 0.0785. The molecule has 0 heterocycles. The summed E-state index contributed by atoms with van der Waals surface area (Å²) in [4.78, 5) is 2.29. The van der Waals surface area contributed by atoms with E-state index in [0.29, 0.717) is 6.04 Å². The lowest BCUT2D eigenvalue weighted by atomic mass is 9.95. The van der Waals surface area contributed by atoms with E-state index in [0.717, 1.165) is 18.7 Å². The minimum atomic E-state index is -0.788. The van der Waals surface area contributed by atoms with Gasteiger partial charge in [0.1, 0.15) is 0 Å².